The quantitative estimate of drug-likeness (QED) is 0.789. The van der Waals surface area contributed by atoms with Crippen molar-refractivity contribution in [2.45, 2.75) is 47.1 Å². The van der Waals surface area contributed by atoms with Crippen LogP contribution in [-0.4, -0.2) is 10.7 Å². The summed E-state index contributed by atoms with van der Waals surface area (Å²) in [5.41, 5.74) is 4.13. The summed E-state index contributed by atoms with van der Waals surface area (Å²) in [6, 6.07) is 6.17. The molecule has 0 aliphatic carbocycles. The third-order valence-corrected chi connectivity index (χ3v) is 4.02. The van der Waals surface area contributed by atoms with Crippen molar-refractivity contribution in [3.05, 3.63) is 52.8 Å². The van der Waals surface area contributed by atoms with Gasteiger partial charge in [0.15, 0.2) is 0 Å². The minimum absolute atomic E-state index is 0.893. The van der Waals surface area contributed by atoms with Crippen molar-refractivity contribution in [2.24, 2.45) is 0 Å². The largest absolute Gasteiger partial charge is 0.460 e. The molecule has 0 amide bonds. The topological polar surface area (TPSA) is 33.4 Å². The lowest BCUT2D eigenvalue weighted by molar-refractivity contribution is 0.125. The highest BCUT2D eigenvalue weighted by Gasteiger charge is 2.24. The van der Waals surface area contributed by atoms with Gasteiger partial charge in [0, 0.05) is 10.9 Å². The van der Waals surface area contributed by atoms with Crippen molar-refractivity contribution in [3.8, 4) is 0 Å². The van der Waals surface area contributed by atoms with E-state index in [0.29, 0.717) is 0 Å². The average molecular weight is 284 g/mol. The van der Waals surface area contributed by atoms with E-state index in [4.69, 9.17) is 4.42 Å². The van der Waals surface area contributed by atoms with Gasteiger partial charge in [-0.25, -0.2) is 0 Å². The Morgan fingerprint density at radius 1 is 1.14 bits per heavy atom. The normalized spacial score (nSPS) is 14.0. The zero-order valence-electron chi connectivity index (χ0n) is 13.7. The summed E-state index contributed by atoms with van der Waals surface area (Å²) in [4.78, 5) is 0. The predicted octanol–water partition coefficient (Wildman–Crippen LogP) is 5.17. The SMILES string of the molecule is C/C=C(\C(=C/C)C(C)(C)O)c1cccc2c(C)c(C)oc12. The summed E-state index contributed by atoms with van der Waals surface area (Å²) < 4.78 is 5.97. The van der Waals surface area contributed by atoms with Gasteiger partial charge in [0.05, 0.1) is 5.60 Å². The Kier molecular flexibility index (Phi) is 4.11. The fourth-order valence-electron chi connectivity index (χ4n) is 2.87. The summed E-state index contributed by atoms with van der Waals surface area (Å²) in [7, 11) is 0. The van der Waals surface area contributed by atoms with Crippen LogP contribution in [0.4, 0.5) is 0 Å². The highest BCUT2D eigenvalue weighted by atomic mass is 16.3. The fraction of sp³-hybridized carbons (Fsp3) is 0.368. The molecule has 112 valence electrons. The highest BCUT2D eigenvalue weighted by Crippen LogP contribution is 2.37. The maximum absolute atomic E-state index is 10.4. The van der Waals surface area contributed by atoms with E-state index in [1.807, 2.05) is 52.8 Å². The number of fused-ring (bicyclic) bond motifs is 1. The molecule has 1 heterocycles. The number of allylic oxidation sites excluding steroid dienone is 2. The van der Waals surface area contributed by atoms with Gasteiger partial charge in [-0.05, 0) is 58.3 Å². The van der Waals surface area contributed by atoms with E-state index < -0.39 is 5.60 Å². The molecule has 2 nitrogen and oxygen atoms in total. The van der Waals surface area contributed by atoms with E-state index in [9.17, 15) is 5.11 Å². The van der Waals surface area contributed by atoms with E-state index in [0.717, 1.165) is 33.4 Å². The molecule has 0 saturated heterocycles. The third kappa shape index (κ3) is 2.68. The zero-order chi connectivity index (χ0) is 15.8. The standard InChI is InChI=1S/C19H24O2/c1-7-14(17(8-2)19(5,6)20)16-11-9-10-15-12(3)13(4)21-18(15)16/h7-11,20H,1-6H3/b14-7-,17-8+. The first-order valence-corrected chi connectivity index (χ1v) is 7.36. The Morgan fingerprint density at radius 3 is 2.33 bits per heavy atom. The molecule has 0 fully saturated rings. The van der Waals surface area contributed by atoms with Crippen LogP contribution in [0.5, 0.6) is 0 Å². The molecule has 2 rings (SSSR count). The summed E-state index contributed by atoms with van der Waals surface area (Å²) >= 11 is 0. The lowest BCUT2D eigenvalue weighted by Crippen LogP contribution is -2.22. The Bertz CT molecular complexity index is 722. The molecule has 2 aromatic rings. The number of benzene rings is 1. The summed E-state index contributed by atoms with van der Waals surface area (Å²) in [6.45, 7) is 11.6. The van der Waals surface area contributed by atoms with Crippen molar-refractivity contribution in [1.82, 2.24) is 0 Å². The number of aliphatic hydroxyl groups is 1. The van der Waals surface area contributed by atoms with Crippen LogP contribution in [0.25, 0.3) is 16.5 Å². The maximum Gasteiger partial charge on any atom is 0.142 e. The van der Waals surface area contributed by atoms with Gasteiger partial charge in [-0.2, -0.15) is 0 Å². The van der Waals surface area contributed by atoms with Gasteiger partial charge < -0.3 is 9.52 Å². The second-order valence-electron chi connectivity index (χ2n) is 5.93. The van der Waals surface area contributed by atoms with Crippen LogP contribution >= 0.6 is 0 Å². The minimum atomic E-state index is -0.893. The van der Waals surface area contributed by atoms with Crippen molar-refractivity contribution < 1.29 is 9.52 Å². The monoisotopic (exact) mass is 284 g/mol. The second kappa shape index (κ2) is 5.53. The van der Waals surface area contributed by atoms with E-state index in [1.54, 1.807) is 0 Å². The summed E-state index contributed by atoms with van der Waals surface area (Å²) in [5.74, 6) is 0.943. The van der Waals surface area contributed by atoms with Crippen LogP contribution in [0.3, 0.4) is 0 Å². The lowest BCUT2D eigenvalue weighted by atomic mass is 9.86. The molecular formula is C19H24O2. The molecular weight excluding hydrogens is 260 g/mol. The molecule has 2 heteroatoms. The van der Waals surface area contributed by atoms with E-state index in [2.05, 4.69) is 19.1 Å². The van der Waals surface area contributed by atoms with Gasteiger partial charge >= 0.3 is 0 Å². The van der Waals surface area contributed by atoms with Gasteiger partial charge in [0.25, 0.3) is 0 Å². The molecule has 1 aromatic heterocycles. The molecule has 0 saturated carbocycles. The number of hydrogen-bond donors (Lipinski definition) is 1. The van der Waals surface area contributed by atoms with Gasteiger partial charge in [-0.15, -0.1) is 0 Å². The minimum Gasteiger partial charge on any atom is -0.460 e. The average Bonchev–Trinajstić information content (AvgIpc) is 2.70. The molecule has 0 bridgehead atoms. The first-order chi connectivity index (χ1) is 9.81. The molecule has 0 aliphatic heterocycles. The van der Waals surface area contributed by atoms with Crippen LogP contribution < -0.4 is 0 Å². The van der Waals surface area contributed by atoms with Crippen LogP contribution in [0.1, 0.15) is 44.6 Å². The van der Waals surface area contributed by atoms with Crippen LogP contribution in [-0.2, 0) is 0 Å². The highest BCUT2D eigenvalue weighted by molar-refractivity contribution is 5.96. The van der Waals surface area contributed by atoms with Crippen molar-refractivity contribution >= 4 is 16.5 Å². The summed E-state index contributed by atoms with van der Waals surface area (Å²) in [5, 5.41) is 11.6. The Hall–Kier alpha value is -1.80. The third-order valence-electron chi connectivity index (χ3n) is 4.02. The first kappa shape index (κ1) is 15.6. The molecule has 21 heavy (non-hydrogen) atoms. The Labute approximate surface area is 126 Å². The van der Waals surface area contributed by atoms with Crippen LogP contribution in [0, 0.1) is 13.8 Å². The fourth-order valence-corrected chi connectivity index (χ4v) is 2.87. The number of rotatable bonds is 3. The van der Waals surface area contributed by atoms with E-state index in [-0.39, 0.29) is 0 Å². The van der Waals surface area contributed by atoms with E-state index in [1.165, 1.54) is 5.56 Å². The van der Waals surface area contributed by atoms with Crippen molar-refractivity contribution in [2.75, 3.05) is 0 Å². The molecule has 1 aromatic carbocycles. The maximum atomic E-state index is 10.4. The molecule has 0 atom stereocenters. The number of aryl methyl sites for hydroxylation is 2. The lowest BCUT2D eigenvalue weighted by Gasteiger charge is -2.24. The van der Waals surface area contributed by atoms with Gasteiger partial charge in [0.2, 0.25) is 0 Å². The Morgan fingerprint density at radius 2 is 1.81 bits per heavy atom. The van der Waals surface area contributed by atoms with Crippen molar-refractivity contribution in [1.29, 1.82) is 0 Å². The smallest absolute Gasteiger partial charge is 0.142 e. The van der Waals surface area contributed by atoms with Gasteiger partial charge in [0.1, 0.15) is 11.3 Å². The van der Waals surface area contributed by atoms with Crippen LogP contribution in [0.15, 0.2) is 40.3 Å². The van der Waals surface area contributed by atoms with Gasteiger partial charge in [-0.1, -0.05) is 30.4 Å². The molecule has 0 radical (unpaired) electrons. The van der Waals surface area contributed by atoms with Crippen molar-refractivity contribution in [3.63, 3.8) is 0 Å². The zero-order valence-corrected chi connectivity index (χ0v) is 13.7. The van der Waals surface area contributed by atoms with Crippen LogP contribution in [0.2, 0.25) is 0 Å². The number of furan rings is 1. The number of hydrogen-bond acceptors (Lipinski definition) is 2. The molecule has 0 spiro atoms. The van der Waals surface area contributed by atoms with E-state index >= 15 is 0 Å². The summed E-state index contributed by atoms with van der Waals surface area (Å²) in [6.07, 6.45) is 4.01. The molecule has 0 unspecified atom stereocenters. The van der Waals surface area contributed by atoms with Gasteiger partial charge in [-0.3, -0.25) is 0 Å². The second-order valence-corrected chi connectivity index (χ2v) is 5.93. The predicted molar refractivity (Wildman–Crippen MR) is 89.4 cm³/mol. The first-order valence-electron chi connectivity index (χ1n) is 7.36. The molecule has 1 N–H and O–H groups in total. The Balaban J connectivity index is 2.73. The number of para-hydroxylation sites is 1. The molecule has 0 aliphatic rings.